The van der Waals surface area contributed by atoms with Gasteiger partial charge in [-0.1, -0.05) is 0 Å². The molecule has 0 fully saturated rings. The quantitative estimate of drug-likeness (QED) is 0.455. The van der Waals surface area contributed by atoms with Crippen molar-refractivity contribution in [1.82, 2.24) is 4.57 Å². The summed E-state index contributed by atoms with van der Waals surface area (Å²) in [5, 5.41) is 0. The van der Waals surface area contributed by atoms with Crippen LogP contribution in [0.1, 0.15) is 37.9 Å². The smallest absolute Gasteiger partial charge is 0.340 e. The summed E-state index contributed by atoms with van der Waals surface area (Å²) in [4.78, 5) is 24.6. The first-order valence-electron chi connectivity index (χ1n) is 8.63. The summed E-state index contributed by atoms with van der Waals surface area (Å²) in [5.41, 5.74) is 2.05. The van der Waals surface area contributed by atoms with Gasteiger partial charge in [0.25, 0.3) is 0 Å². The number of Topliss-reactive ketones (excluding diaryl/α,β-unsaturated/α-hetero) is 1. The minimum Gasteiger partial charge on any atom is -0.494 e. The van der Waals surface area contributed by atoms with E-state index in [1.54, 1.807) is 25.3 Å². The normalized spacial score (nSPS) is 10.7. The van der Waals surface area contributed by atoms with Crippen LogP contribution in [0.15, 0.2) is 47.1 Å². The molecule has 0 N–H and O–H groups in total. The maximum atomic E-state index is 13.7. The van der Waals surface area contributed by atoms with Gasteiger partial charge in [-0.3, -0.25) is 4.79 Å². The summed E-state index contributed by atoms with van der Waals surface area (Å²) < 4.78 is 31.0. The van der Waals surface area contributed by atoms with Crippen LogP contribution >= 0.6 is 0 Å². The number of nitrogens with zero attached hydrogens (tertiary/aromatic N) is 1. The van der Waals surface area contributed by atoms with Crippen LogP contribution in [0.4, 0.5) is 4.39 Å². The lowest BCUT2D eigenvalue weighted by Gasteiger charge is -2.08. The third-order valence-electron chi connectivity index (χ3n) is 4.50. The molecule has 28 heavy (non-hydrogen) atoms. The molecule has 2 heterocycles. The molecule has 3 aromatic rings. The number of ketones is 1. The number of hydrogen-bond acceptors (Lipinski definition) is 5. The van der Waals surface area contributed by atoms with Gasteiger partial charge in [-0.05, 0) is 50.2 Å². The van der Waals surface area contributed by atoms with Crippen molar-refractivity contribution in [2.45, 2.75) is 20.4 Å². The fourth-order valence-corrected chi connectivity index (χ4v) is 2.94. The molecule has 3 rings (SSSR count). The highest BCUT2D eigenvalue weighted by atomic mass is 19.1. The molecule has 0 unspecified atom stereocenters. The Morgan fingerprint density at radius 2 is 1.96 bits per heavy atom. The second-order valence-corrected chi connectivity index (χ2v) is 6.30. The zero-order valence-corrected chi connectivity index (χ0v) is 15.8. The number of carbonyl (C=O) groups is 2. The van der Waals surface area contributed by atoms with Gasteiger partial charge in [-0.25, -0.2) is 9.18 Å². The number of halogens is 1. The Hall–Kier alpha value is -3.35. The van der Waals surface area contributed by atoms with Gasteiger partial charge in [0.15, 0.2) is 24.0 Å². The number of aryl methyl sites for hydroxylation is 1. The van der Waals surface area contributed by atoms with Gasteiger partial charge in [0, 0.05) is 17.0 Å². The number of hydrogen-bond donors (Lipinski definition) is 0. The van der Waals surface area contributed by atoms with Crippen molar-refractivity contribution in [3.05, 3.63) is 76.8 Å². The number of ether oxygens (including phenoxy) is 2. The summed E-state index contributed by atoms with van der Waals surface area (Å²) >= 11 is 0. The summed E-state index contributed by atoms with van der Waals surface area (Å²) in [6.45, 7) is 3.68. The van der Waals surface area contributed by atoms with Crippen molar-refractivity contribution in [3.8, 4) is 5.75 Å². The number of furan rings is 1. The number of esters is 1. The van der Waals surface area contributed by atoms with E-state index in [0.717, 1.165) is 17.5 Å². The highest BCUT2D eigenvalue weighted by Crippen LogP contribution is 2.20. The third kappa shape index (κ3) is 3.98. The molecule has 0 atom stereocenters. The van der Waals surface area contributed by atoms with Gasteiger partial charge >= 0.3 is 5.97 Å². The Morgan fingerprint density at radius 3 is 2.61 bits per heavy atom. The van der Waals surface area contributed by atoms with E-state index in [0.29, 0.717) is 17.8 Å². The Labute approximate surface area is 161 Å². The monoisotopic (exact) mass is 385 g/mol. The molecule has 0 radical (unpaired) electrons. The fraction of sp³-hybridized carbons (Fsp3) is 0.238. The topological polar surface area (TPSA) is 70.7 Å². The molecule has 0 saturated carbocycles. The van der Waals surface area contributed by atoms with Crippen LogP contribution in [0.25, 0.3) is 0 Å². The number of methoxy groups -OCH3 is 1. The van der Waals surface area contributed by atoms with Crippen LogP contribution in [0.3, 0.4) is 0 Å². The first-order valence-corrected chi connectivity index (χ1v) is 8.63. The predicted octanol–water partition coefficient (Wildman–Crippen LogP) is 3.93. The molecule has 7 heteroatoms. The molecule has 2 aromatic heterocycles. The lowest BCUT2D eigenvalue weighted by molar-refractivity contribution is 0.0474. The molecule has 6 nitrogen and oxygen atoms in total. The van der Waals surface area contributed by atoms with Gasteiger partial charge in [-0.15, -0.1) is 0 Å². The average molecular weight is 385 g/mol. The molecule has 0 aliphatic carbocycles. The van der Waals surface area contributed by atoms with Crippen molar-refractivity contribution in [3.63, 3.8) is 0 Å². The average Bonchev–Trinajstić information content (AvgIpc) is 3.29. The fourth-order valence-electron chi connectivity index (χ4n) is 2.94. The van der Waals surface area contributed by atoms with Crippen molar-refractivity contribution >= 4 is 11.8 Å². The maximum Gasteiger partial charge on any atom is 0.340 e. The molecule has 0 saturated heterocycles. The van der Waals surface area contributed by atoms with Crippen LogP contribution in [-0.4, -0.2) is 30.0 Å². The molecule has 146 valence electrons. The number of benzene rings is 1. The number of rotatable bonds is 7. The predicted molar refractivity (Wildman–Crippen MR) is 99.3 cm³/mol. The Kier molecular flexibility index (Phi) is 5.63. The summed E-state index contributed by atoms with van der Waals surface area (Å²) in [5.74, 6) is -0.961. The second kappa shape index (κ2) is 8.12. The standard InChI is InChI=1S/C21H20FNO5/c1-13-9-17(14(2)23(13)11-16-5-4-8-27-16)21(25)28-12-19(24)15-6-7-20(26-3)18(22)10-15/h4-10H,11-12H2,1-3H3. The van der Waals surface area contributed by atoms with Gasteiger partial charge in [0.1, 0.15) is 5.76 Å². The molecule has 0 amide bonds. The van der Waals surface area contributed by atoms with E-state index in [1.807, 2.05) is 17.6 Å². The Morgan fingerprint density at radius 1 is 1.18 bits per heavy atom. The zero-order valence-electron chi connectivity index (χ0n) is 15.8. The van der Waals surface area contributed by atoms with E-state index >= 15 is 0 Å². The Bertz CT molecular complexity index is 1000. The molecule has 0 spiro atoms. The van der Waals surface area contributed by atoms with Crippen molar-refractivity contribution in [2.75, 3.05) is 13.7 Å². The van der Waals surface area contributed by atoms with Gasteiger partial charge in [-0.2, -0.15) is 0 Å². The van der Waals surface area contributed by atoms with Crippen LogP contribution in [0.2, 0.25) is 0 Å². The SMILES string of the molecule is COc1ccc(C(=O)COC(=O)c2cc(C)n(Cc3ccco3)c2C)cc1F. The van der Waals surface area contributed by atoms with E-state index in [4.69, 9.17) is 13.9 Å². The third-order valence-corrected chi connectivity index (χ3v) is 4.50. The number of aromatic nitrogens is 1. The second-order valence-electron chi connectivity index (χ2n) is 6.30. The summed E-state index contributed by atoms with van der Waals surface area (Å²) in [6, 6.07) is 9.19. The van der Waals surface area contributed by atoms with Gasteiger partial charge in [0.05, 0.1) is 25.5 Å². The first kappa shape index (κ1) is 19.4. The van der Waals surface area contributed by atoms with E-state index in [9.17, 15) is 14.0 Å². The van der Waals surface area contributed by atoms with Crippen LogP contribution < -0.4 is 4.74 Å². The lowest BCUT2D eigenvalue weighted by atomic mass is 10.1. The molecule has 0 aliphatic rings. The highest BCUT2D eigenvalue weighted by molar-refractivity contribution is 5.99. The molecular weight excluding hydrogens is 365 g/mol. The van der Waals surface area contributed by atoms with Crippen LogP contribution in [-0.2, 0) is 11.3 Å². The summed E-state index contributed by atoms with van der Waals surface area (Å²) in [7, 11) is 1.34. The largest absolute Gasteiger partial charge is 0.494 e. The maximum absolute atomic E-state index is 13.7. The lowest BCUT2D eigenvalue weighted by Crippen LogP contribution is -2.15. The van der Waals surface area contributed by atoms with Crippen molar-refractivity contribution in [1.29, 1.82) is 0 Å². The van der Waals surface area contributed by atoms with Gasteiger partial charge < -0.3 is 18.5 Å². The van der Waals surface area contributed by atoms with Crippen LogP contribution in [0.5, 0.6) is 5.75 Å². The summed E-state index contributed by atoms with van der Waals surface area (Å²) in [6.07, 6.45) is 1.59. The van der Waals surface area contributed by atoms with E-state index in [2.05, 4.69) is 0 Å². The molecule has 0 bridgehead atoms. The highest BCUT2D eigenvalue weighted by Gasteiger charge is 2.19. The molecular formula is C21H20FNO5. The molecule has 1 aromatic carbocycles. The minimum atomic E-state index is -0.652. The van der Waals surface area contributed by atoms with E-state index in [-0.39, 0.29) is 11.3 Å². The Balaban J connectivity index is 1.68. The van der Waals surface area contributed by atoms with Crippen molar-refractivity contribution in [2.24, 2.45) is 0 Å². The van der Waals surface area contributed by atoms with Crippen LogP contribution in [0, 0.1) is 19.7 Å². The molecule has 0 aliphatic heterocycles. The van der Waals surface area contributed by atoms with Gasteiger partial charge in [0.2, 0.25) is 0 Å². The minimum absolute atomic E-state index is 0.0394. The first-order chi connectivity index (χ1) is 13.4. The number of carbonyl (C=O) groups excluding carboxylic acids is 2. The van der Waals surface area contributed by atoms with Crippen molar-refractivity contribution < 1.29 is 27.9 Å². The van der Waals surface area contributed by atoms with E-state index in [1.165, 1.54) is 19.2 Å². The van der Waals surface area contributed by atoms with E-state index < -0.39 is 24.2 Å². The zero-order chi connectivity index (χ0) is 20.3.